The van der Waals surface area contributed by atoms with E-state index in [4.69, 9.17) is 18.5 Å². The molecule has 0 saturated carbocycles. The number of hydrogen-bond acceptors (Lipinski definition) is 7. The molecule has 0 aliphatic rings. The average molecular weight is 843 g/mol. The van der Waals surface area contributed by atoms with Crippen LogP contribution < -0.4 is 0 Å². The van der Waals surface area contributed by atoms with Gasteiger partial charge in [0.05, 0.1) is 13.2 Å². The van der Waals surface area contributed by atoms with Crippen LogP contribution in [-0.4, -0.2) is 42.8 Å². The zero-order chi connectivity index (χ0) is 42.5. The van der Waals surface area contributed by atoms with E-state index >= 15 is 0 Å². The summed E-state index contributed by atoms with van der Waals surface area (Å²) < 4.78 is 32.8. The Morgan fingerprint density at radius 2 is 0.776 bits per heavy atom. The normalized spacial score (nSPS) is 13.2. The van der Waals surface area contributed by atoms with Crippen molar-refractivity contribution in [2.24, 2.45) is 0 Å². The van der Waals surface area contributed by atoms with E-state index < -0.39 is 19.9 Å². The summed E-state index contributed by atoms with van der Waals surface area (Å²) in [6.07, 6.45) is 49.8. The van der Waals surface area contributed by atoms with Crippen molar-refractivity contribution >= 4 is 19.8 Å². The number of phosphoric acid groups is 1. The van der Waals surface area contributed by atoms with Gasteiger partial charge in [-0.3, -0.25) is 18.6 Å². The summed E-state index contributed by atoms with van der Waals surface area (Å²) in [4.78, 5) is 34.9. The summed E-state index contributed by atoms with van der Waals surface area (Å²) in [6, 6.07) is 0. The van der Waals surface area contributed by atoms with Crippen molar-refractivity contribution in [3.63, 3.8) is 0 Å². The monoisotopic (exact) mass is 843 g/mol. The molecule has 2 atom stereocenters. The molecule has 0 bridgehead atoms. The van der Waals surface area contributed by atoms with E-state index in [1.54, 1.807) is 6.92 Å². The number of hydrogen-bond donors (Lipinski definition) is 1. The number of carbonyl (C=O) groups is 2. The van der Waals surface area contributed by atoms with Gasteiger partial charge < -0.3 is 14.4 Å². The second kappa shape index (κ2) is 45.3. The Morgan fingerprint density at radius 3 is 1.14 bits per heavy atom. The van der Waals surface area contributed by atoms with Gasteiger partial charge in [0.1, 0.15) is 6.61 Å². The van der Waals surface area contributed by atoms with Gasteiger partial charge in [0, 0.05) is 12.8 Å². The van der Waals surface area contributed by atoms with Crippen molar-refractivity contribution < 1.29 is 37.6 Å². The molecule has 0 heterocycles. The van der Waals surface area contributed by atoms with Crippen molar-refractivity contribution in [2.75, 3.05) is 19.8 Å². The summed E-state index contributed by atoms with van der Waals surface area (Å²) in [5.74, 6) is -0.783. The number of rotatable bonds is 47. The van der Waals surface area contributed by atoms with Crippen molar-refractivity contribution in [3.8, 4) is 0 Å². The molecular weight excluding hydrogens is 748 g/mol. The van der Waals surface area contributed by atoms with Crippen molar-refractivity contribution in [3.05, 3.63) is 12.2 Å². The highest BCUT2D eigenvalue weighted by Crippen LogP contribution is 2.43. The highest BCUT2D eigenvalue weighted by atomic mass is 31.2. The van der Waals surface area contributed by atoms with Gasteiger partial charge in [-0.15, -0.1) is 0 Å². The molecule has 0 aliphatic carbocycles. The van der Waals surface area contributed by atoms with Gasteiger partial charge in [-0.1, -0.05) is 219 Å². The zero-order valence-electron chi connectivity index (χ0n) is 38.5. The fourth-order valence-corrected chi connectivity index (χ4v) is 8.15. The van der Waals surface area contributed by atoms with Crippen LogP contribution in [0, 0.1) is 0 Å². The third-order valence-corrected chi connectivity index (χ3v) is 12.1. The van der Waals surface area contributed by atoms with Gasteiger partial charge in [0.15, 0.2) is 6.10 Å². The molecule has 8 nitrogen and oxygen atoms in total. The largest absolute Gasteiger partial charge is 0.472 e. The van der Waals surface area contributed by atoms with E-state index in [1.165, 1.54) is 193 Å². The second-order valence-electron chi connectivity index (χ2n) is 16.8. The van der Waals surface area contributed by atoms with Crippen molar-refractivity contribution in [1.29, 1.82) is 0 Å². The molecule has 1 N–H and O–H groups in total. The number of carbonyl (C=O) groups excluding carboxylic acids is 2. The maximum atomic E-state index is 12.6. The van der Waals surface area contributed by atoms with E-state index in [0.29, 0.717) is 12.8 Å². The van der Waals surface area contributed by atoms with E-state index in [-0.39, 0.29) is 32.2 Å². The van der Waals surface area contributed by atoms with E-state index in [2.05, 4.69) is 26.0 Å². The minimum Gasteiger partial charge on any atom is -0.462 e. The van der Waals surface area contributed by atoms with Gasteiger partial charge in [-0.2, -0.15) is 0 Å². The summed E-state index contributed by atoms with van der Waals surface area (Å²) in [6.45, 7) is 5.53. The van der Waals surface area contributed by atoms with E-state index in [0.717, 1.165) is 32.1 Å². The minimum absolute atomic E-state index is 0.00363. The number of unbranched alkanes of at least 4 members (excludes halogenated alkanes) is 33. The lowest BCUT2D eigenvalue weighted by Gasteiger charge is -2.19. The lowest BCUT2D eigenvalue weighted by molar-refractivity contribution is -0.161. The van der Waals surface area contributed by atoms with Crippen LogP contribution >= 0.6 is 7.82 Å². The van der Waals surface area contributed by atoms with Crippen molar-refractivity contribution in [1.82, 2.24) is 0 Å². The predicted octanol–water partition coefficient (Wildman–Crippen LogP) is 16.0. The maximum absolute atomic E-state index is 12.6. The first-order valence-corrected chi connectivity index (χ1v) is 26.5. The average Bonchev–Trinajstić information content (AvgIpc) is 3.20. The molecule has 0 aromatic carbocycles. The Hall–Kier alpha value is -1.21. The van der Waals surface area contributed by atoms with E-state index in [1.807, 2.05) is 0 Å². The molecule has 0 saturated heterocycles. The number of allylic oxidation sites excluding steroid dienone is 2. The Morgan fingerprint density at radius 1 is 0.448 bits per heavy atom. The van der Waals surface area contributed by atoms with Crippen LogP contribution in [-0.2, 0) is 32.7 Å². The van der Waals surface area contributed by atoms with Crippen LogP contribution in [0.3, 0.4) is 0 Å². The molecule has 0 radical (unpaired) electrons. The molecule has 0 rings (SSSR count). The highest BCUT2D eigenvalue weighted by Gasteiger charge is 2.25. The Kier molecular flexibility index (Phi) is 44.4. The van der Waals surface area contributed by atoms with Gasteiger partial charge in [0.2, 0.25) is 0 Å². The fourth-order valence-electron chi connectivity index (χ4n) is 7.39. The Bertz CT molecular complexity index is 957. The second-order valence-corrected chi connectivity index (χ2v) is 18.3. The molecule has 344 valence electrons. The first-order chi connectivity index (χ1) is 28.3. The molecule has 0 fully saturated rings. The molecule has 9 heteroatoms. The molecule has 58 heavy (non-hydrogen) atoms. The number of esters is 2. The standard InChI is InChI=1S/C49H95O8P/c1-4-7-9-11-13-15-17-19-21-23-25-27-29-31-33-35-37-39-41-43-48(50)54-45-47(46-56-58(52,53)55-6-3)57-49(51)44-42-40-38-36-34-32-30-28-26-24-22-20-18-16-14-12-10-8-5-2/h20,22,47H,4-19,21,23-46H2,1-3H3,(H,52,53)/b22-20-. The summed E-state index contributed by atoms with van der Waals surface area (Å²) in [7, 11) is -4.28. The van der Waals surface area contributed by atoms with Gasteiger partial charge >= 0.3 is 19.8 Å². The minimum atomic E-state index is -4.28. The van der Waals surface area contributed by atoms with Gasteiger partial charge in [-0.25, -0.2) is 4.57 Å². The van der Waals surface area contributed by atoms with Crippen LogP contribution in [0.5, 0.6) is 0 Å². The zero-order valence-corrected chi connectivity index (χ0v) is 39.4. The smallest absolute Gasteiger partial charge is 0.462 e. The Labute approximate surface area is 359 Å². The fraction of sp³-hybridized carbons (Fsp3) is 0.918. The number of ether oxygens (including phenoxy) is 2. The third-order valence-electron chi connectivity index (χ3n) is 11.1. The first kappa shape index (κ1) is 56.8. The quantitative estimate of drug-likeness (QED) is 0.0279. The van der Waals surface area contributed by atoms with Crippen LogP contribution in [0.4, 0.5) is 0 Å². The SMILES string of the molecule is CCCCCCCC/C=C\CCCCCCCCCCCC(=O)OC(COC(=O)CCCCCCCCCCCCCCCCCCCCC)COP(=O)(O)OCC. The van der Waals surface area contributed by atoms with Crippen LogP contribution in [0.15, 0.2) is 12.2 Å². The summed E-state index contributed by atoms with van der Waals surface area (Å²) >= 11 is 0. The molecule has 0 aliphatic heterocycles. The summed E-state index contributed by atoms with van der Waals surface area (Å²) in [5, 5.41) is 0. The van der Waals surface area contributed by atoms with Crippen LogP contribution in [0.1, 0.15) is 265 Å². The first-order valence-electron chi connectivity index (χ1n) is 25.0. The number of phosphoric ester groups is 1. The third kappa shape index (κ3) is 44.3. The lowest BCUT2D eigenvalue weighted by Crippen LogP contribution is -2.29. The predicted molar refractivity (Wildman–Crippen MR) is 244 cm³/mol. The maximum Gasteiger partial charge on any atom is 0.472 e. The van der Waals surface area contributed by atoms with Crippen LogP contribution in [0.25, 0.3) is 0 Å². The van der Waals surface area contributed by atoms with Crippen molar-refractivity contribution in [2.45, 2.75) is 271 Å². The Balaban J connectivity index is 3.96. The molecule has 0 amide bonds. The van der Waals surface area contributed by atoms with E-state index in [9.17, 15) is 19.0 Å². The molecular formula is C49H95O8P. The van der Waals surface area contributed by atoms with Crippen LogP contribution in [0.2, 0.25) is 0 Å². The molecule has 0 aromatic rings. The molecule has 0 aromatic heterocycles. The van der Waals surface area contributed by atoms with Gasteiger partial charge in [-0.05, 0) is 45.4 Å². The molecule has 0 spiro atoms. The lowest BCUT2D eigenvalue weighted by atomic mass is 10.0. The highest BCUT2D eigenvalue weighted by molar-refractivity contribution is 7.47. The topological polar surface area (TPSA) is 108 Å². The van der Waals surface area contributed by atoms with Gasteiger partial charge in [0.25, 0.3) is 0 Å². The molecule has 2 unspecified atom stereocenters. The summed E-state index contributed by atoms with van der Waals surface area (Å²) in [5.41, 5.74) is 0.